The largest absolute Gasteiger partial charge is 0.343 e. The normalized spacial score (nSPS) is 21.9. The van der Waals surface area contributed by atoms with Crippen molar-refractivity contribution in [3.05, 3.63) is 21.9 Å². The van der Waals surface area contributed by atoms with E-state index in [2.05, 4.69) is 23.7 Å². The molecule has 0 saturated carbocycles. The van der Waals surface area contributed by atoms with Gasteiger partial charge in [-0.1, -0.05) is 6.92 Å². The van der Waals surface area contributed by atoms with Gasteiger partial charge in [0.15, 0.2) is 0 Å². The zero-order valence-corrected chi connectivity index (χ0v) is 14.7. The van der Waals surface area contributed by atoms with Gasteiger partial charge < -0.3 is 15.1 Å². The number of carbonyl (C=O) groups excluding carboxylic acids is 2. The van der Waals surface area contributed by atoms with E-state index in [1.54, 1.807) is 18.3 Å². The molecule has 1 unspecified atom stereocenters. The maximum atomic E-state index is 12.7. The van der Waals surface area contributed by atoms with E-state index in [0.29, 0.717) is 0 Å². The molecule has 0 aliphatic carbocycles. The van der Waals surface area contributed by atoms with E-state index >= 15 is 0 Å². The predicted molar refractivity (Wildman–Crippen MR) is 91.6 cm³/mol. The van der Waals surface area contributed by atoms with Gasteiger partial charge in [-0.05, 0) is 42.7 Å². The molecule has 3 amide bonds. The summed E-state index contributed by atoms with van der Waals surface area (Å²) in [5, 5.41) is 5.32. The summed E-state index contributed by atoms with van der Waals surface area (Å²) in [6.07, 6.45) is 3.60. The maximum absolute atomic E-state index is 12.7. The molecule has 5 nitrogen and oxygen atoms in total. The van der Waals surface area contributed by atoms with Gasteiger partial charge in [0.1, 0.15) is 0 Å². The Balaban J connectivity index is 1.60. The van der Waals surface area contributed by atoms with Crippen molar-refractivity contribution in [3.63, 3.8) is 0 Å². The fraction of sp³-hybridized carbons (Fsp3) is 0.647. The summed E-state index contributed by atoms with van der Waals surface area (Å²) in [6.45, 7) is 6.03. The van der Waals surface area contributed by atoms with E-state index in [9.17, 15) is 9.59 Å². The number of rotatable bonds is 2. The first-order valence-corrected chi connectivity index (χ1v) is 9.37. The standard InChI is InChI=1S/C17H25N3O2S/c1-3-15-14-7-11-23-16(14)6-10-20(15)17(22)18-13-4-8-19(9-5-13)12(2)21/h7,11,13,15H,3-6,8-10H2,1-2H3,(H,18,22). The number of likely N-dealkylation sites (tertiary alicyclic amines) is 1. The molecule has 126 valence electrons. The summed E-state index contributed by atoms with van der Waals surface area (Å²) in [7, 11) is 0. The van der Waals surface area contributed by atoms with Gasteiger partial charge in [-0.3, -0.25) is 4.79 Å². The molecular weight excluding hydrogens is 310 g/mol. The Kier molecular flexibility index (Phi) is 4.90. The Morgan fingerprint density at radius 1 is 1.30 bits per heavy atom. The molecule has 0 bridgehead atoms. The van der Waals surface area contributed by atoms with Crippen LogP contribution in [0.15, 0.2) is 11.4 Å². The molecule has 1 aromatic rings. The van der Waals surface area contributed by atoms with Crippen LogP contribution in [-0.4, -0.2) is 47.4 Å². The number of thiophene rings is 1. The van der Waals surface area contributed by atoms with Crippen LogP contribution in [0.4, 0.5) is 4.79 Å². The minimum atomic E-state index is 0.0509. The van der Waals surface area contributed by atoms with Crippen molar-refractivity contribution in [2.24, 2.45) is 0 Å². The van der Waals surface area contributed by atoms with Crippen molar-refractivity contribution in [2.45, 2.75) is 51.6 Å². The number of amides is 3. The lowest BCUT2D eigenvalue weighted by Crippen LogP contribution is -2.51. The lowest BCUT2D eigenvalue weighted by molar-refractivity contribution is -0.129. The molecule has 0 spiro atoms. The van der Waals surface area contributed by atoms with Crippen LogP contribution >= 0.6 is 11.3 Å². The third kappa shape index (κ3) is 3.37. The van der Waals surface area contributed by atoms with Crippen LogP contribution in [0.3, 0.4) is 0 Å². The second kappa shape index (κ2) is 6.91. The van der Waals surface area contributed by atoms with Crippen molar-refractivity contribution in [3.8, 4) is 0 Å². The summed E-state index contributed by atoms with van der Waals surface area (Å²) in [5.41, 5.74) is 1.32. The number of fused-ring (bicyclic) bond motifs is 1. The molecule has 0 radical (unpaired) electrons. The van der Waals surface area contributed by atoms with Gasteiger partial charge >= 0.3 is 6.03 Å². The van der Waals surface area contributed by atoms with Crippen molar-refractivity contribution in [1.82, 2.24) is 15.1 Å². The number of nitrogens with zero attached hydrogens (tertiary/aromatic N) is 2. The number of urea groups is 1. The van der Waals surface area contributed by atoms with Gasteiger partial charge in [-0.25, -0.2) is 4.79 Å². The van der Waals surface area contributed by atoms with E-state index in [4.69, 9.17) is 0 Å². The molecule has 0 aromatic carbocycles. The minimum absolute atomic E-state index is 0.0509. The third-order valence-electron chi connectivity index (χ3n) is 5.01. The number of nitrogens with one attached hydrogen (secondary N) is 1. The molecule has 3 heterocycles. The molecule has 2 aliphatic rings. The topological polar surface area (TPSA) is 52.7 Å². The molecule has 1 aromatic heterocycles. The van der Waals surface area contributed by atoms with Gasteiger partial charge in [0, 0.05) is 37.5 Å². The number of hydrogen-bond acceptors (Lipinski definition) is 3. The molecule has 3 rings (SSSR count). The monoisotopic (exact) mass is 335 g/mol. The summed E-state index contributed by atoms with van der Waals surface area (Å²) in [5.74, 6) is 0.127. The van der Waals surface area contributed by atoms with Crippen LogP contribution in [0.2, 0.25) is 0 Å². The zero-order valence-electron chi connectivity index (χ0n) is 13.9. The quantitative estimate of drug-likeness (QED) is 0.903. The zero-order chi connectivity index (χ0) is 16.4. The van der Waals surface area contributed by atoms with Crippen LogP contribution < -0.4 is 5.32 Å². The van der Waals surface area contributed by atoms with Gasteiger partial charge in [0.25, 0.3) is 0 Å². The second-order valence-corrected chi connectivity index (χ2v) is 7.40. The second-order valence-electron chi connectivity index (χ2n) is 6.40. The highest BCUT2D eigenvalue weighted by Crippen LogP contribution is 2.35. The lowest BCUT2D eigenvalue weighted by Gasteiger charge is -2.38. The van der Waals surface area contributed by atoms with Gasteiger partial charge in [0.2, 0.25) is 5.91 Å². The molecule has 1 atom stereocenters. The van der Waals surface area contributed by atoms with Crippen LogP contribution in [0, 0.1) is 0 Å². The summed E-state index contributed by atoms with van der Waals surface area (Å²) in [4.78, 5) is 29.4. The molecule has 1 saturated heterocycles. The molecule has 1 N–H and O–H groups in total. The minimum Gasteiger partial charge on any atom is -0.343 e. The Labute approximate surface area is 141 Å². The van der Waals surface area contributed by atoms with Crippen molar-refractivity contribution >= 4 is 23.3 Å². The van der Waals surface area contributed by atoms with Crippen LogP contribution in [0.25, 0.3) is 0 Å². The van der Waals surface area contributed by atoms with Gasteiger partial charge in [0.05, 0.1) is 6.04 Å². The molecule has 23 heavy (non-hydrogen) atoms. The molecule has 1 fully saturated rings. The first kappa shape index (κ1) is 16.3. The van der Waals surface area contributed by atoms with Crippen LogP contribution in [0.5, 0.6) is 0 Å². The highest BCUT2D eigenvalue weighted by Gasteiger charge is 2.32. The van der Waals surface area contributed by atoms with Crippen molar-refractivity contribution in [2.75, 3.05) is 19.6 Å². The average Bonchev–Trinajstić information content (AvgIpc) is 3.02. The fourth-order valence-corrected chi connectivity index (χ4v) is 4.60. The summed E-state index contributed by atoms with van der Waals surface area (Å²) < 4.78 is 0. The highest BCUT2D eigenvalue weighted by atomic mass is 32.1. The van der Waals surface area contributed by atoms with Crippen LogP contribution in [-0.2, 0) is 11.2 Å². The summed E-state index contributed by atoms with van der Waals surface area (Å²) in [6, 6.07) is 2.59. The molecular formula is C17H25N3O2S. The SMILES string of the molecule is CCC1c2ccsc2CCN1C(=O)NC1CCN(C(C)=O)CC1. The lowest BCUT2D eigenvalue weighted by atomic mass is 9.98. The predicted octanol–water partition coefficient (Wildman–Crippen LogP) is 2.78. The Morgan fingerprint density at radius 3 is 2.70 bits per heavy atom. The molecule has 6 heteroatoms. The Morgan fingerprint density at radius 2 is 2.04 bits per heavy atom. The fourth-order valence-electron chi connectivity index (χ4n) is 3.68. The molecule has 2 aliphatic heterocycles. The number of carbonyl (C=O) groups is 2. The third-order valence-corrected chi connectivity index (χ3v) is 6.01. The number of piperidine rings is 1. The number of hydrogen-bond donors (Lipinski definition) is 1. The van der Waals surface area contributed by atoms with E-state index in [1.165, 1.54) is 10.4 Å². The van der Waals surface area contributed by atoms with Crippen LogP contribution in [0.1, 0.15) is 49.6 Å². The first-order chi connectivity index (χ1) is 11.1. The van der Waals surface area contributed by atoms with E-state index in [0.717, 1.165) is 45.3 Å². The van der Waals surface area contributed by atoms with Crippen molar-refractivity contribution < 1.29 is 9.59 Å². The Hall–Kier alpha value is -1.56. The Bertz CT molecular complexity index is 578. The van der Waals surface area contributed by atoms with Gasteiger partial charge in [-0.15, -0.1) is 11.3 Å². The van der Waals surface area contributed by atoms with E-state index < -0.39 is 0 Å². The smallest absolute Gasteiger partial charge is 0.318 e. The average molecular weight is 335 g/mol. The van der Waals surface area contributed by atoms with Crippen molar-refractivity contribution in [1.29, 1.82) is 0 Å². The first-order valence-electron chi connectivity index (χ1n) is 8.49. The highest BCUT2D eigenvalue weighted by molar-refractivity contribution is 7.10. The van der Waals surface area contributed by atoms with E-state index in [-0.39, 0.29) is 24.0 Å². The van der Waals surface area contributed by atoms with Gasteiger partial charge in [-0.2, -0.15) is 0 Å². The van der Waals surface area contributed by atoms with E-state index in [1.807, 2.05) is 9.80 Å². The summed E-state index contributed by atoms with van der Waals surface area (Å²) >= 11 is 1.80. The maximum Gasteiger partial charge on any atom is 0.318 e.